The lowest BCUT2D eigenvalue weighted by molar-refractivity contribution is -0.117. The lowest BCUT2D eigenvalue weighted by Gasteiger charge is -2.18. The van der Waals surface area contributed by atoms with Crippen LogP contribution in [0.4, 0.5) is 5.69 Å². The number of hydrogen-bond donors (Lipinski definition) is 1. The molecule has 0 aromatic heterocycles. The predicted molar refractivity (Wildman–Crippen MR) is 58.9 cm³/mol. The number of nitriles is 1. The Morgan fingerprint density at radius 1 is 1.56 bits per heavy atom. The predicted octanol–water partition coefficient (Wildman–Crippen LogP) is 1.58. The highest BCUT2D eigenvalue weighted by Crippen LogP contribution is 2.29. The molecule has 0 aliphatic carbocycles. The number of phenolic OH excluding ortho intramolecular Hbond substituents is 1. The van der Waals surface area contributed by atoms with Crippen LogP contribution in [0.2, 0.25) is 0 Å². The maximum Gasteiger partial charge on any atom is 0.228 e. The van der Waals surface area contributed by atoms with Gasteiger partial charge in [0, 0.05) is 18.7 Å². The standard InChI is InChI=1S/C12H12N2O2/c1-8-4-10(15)2-3-11(8)14-7-9(6-13)5-12(14)16/h2-4,9,15H,5,7H2,1H3. The molecule has 1 aromatic rings. The molecule has 16 heavy (non-hydrogen) atoms. The highest BCUT2D eigenvalue weighted by Gasteiger charge is 2.31. The fourth-order valence-electron chi connectivity index (χ4n) is 1.97. The summed E-state index contributed by atoms with van der Waals surface area (Å²) in [5.74, 6) is -0.0641. The highest BCUT2D eigenvalue weighted by atomic mass is 16.3. The molecule has 1 heterocycles. The van der Waals surface area contributed by atoms with Gasteiger partial charge in [-0.15, -0.1) is 0 Å². The average Bonchev–Trinajstić information content (AvgIpc) is 2.60. The van der Waals surface area contributed by atoms with Crippen molar-refractivity contribution in [3.63, 3.8) is 0 Å². The Kier molecular flexibility index (Phi) is 2.53. The molecule has 4 nitrogen and oxygen atoms in total. The van der Waals surface area contributed by atoms with Crippen LogP contribution in [-0.4, -0.2) is 17.6 Å². The Morgan fingerprint density at radius 2 is 2.31 bits per heavy atom. The Morgan fingerprint density at radius 3 is 2.88 bits per heavy atom. The van der Waals surface area contributed by atoms with E-state index in [2.05, 4.69) is 6.07 Å². The average molecular weight is 216 g/mol. The van der Waals surface area contributed by atoms with Crippen molar-refractivity contribution in [2.24, 2.45) is 5.92 Å². The molecule has 1 unspecified atom stereocenters. The van der Waals surface area contributed by atoms with Crippen molar-refractivity contribution < 1.29 is 9.90 Å². The smallest absolute Gasteiger partial charge is 0.228 e. The van der Waals surface area contributed by atoms with Crippen LogP contribution < -0.4 is 4.90 Å². The van der Waals surface area contributed by atoms with Gasteiger partial charge < -0.3 is 10.0 Å². The van der Waals surface area contributed by atoms with Gasteiger partial charge in [-0.3, -0.25) is 4.79 Å². The molecular formula is C12H12N2O2. The normalized spacial score (nSPS) is 19.9. The molecule has 1 atom stereocenters. The van der Waals surface area contributed by atoms with E-state index in [-0.39, 0.29) is 24.0 Å². The van der Waals surface area contributed by atoms with Crippen molar-refractivity contribution in [2.75, 3.05) is 11.4 Å². The van der Waals surface area contributed by atoms with Crippen LogP contribution in [0.15, 0.2) is 18.2 Å². The molecule has 1 aliphatic heterocycles. The number of rotatable bonds is 1. The van der Waals surface area contributed by atoms with E-state index in [1.807, 2.05) is 6.92 Å². The van der Waals surface area contributed by atoms with Gasteiger partial charge in [-0.05, 0) is 30.7 Å². The zero-order chi connectivity index (χ0) is 11.7. The molecule has 0 saturated carbocycles. The van der Waals surface area contributed by atoms with Crippen LogP contribution >= 0.6 is 0 Å². The number of hydrogen-bond acceptors (Lipinski definition) is 3. The number of amides is 1. The van der Waals surface area contributed by atoms with Crippen LogP contribution in [0.25, 0.3) is 0 Å². The minimum absolute atomic E-state index is 0.0275. The summed E-state index contributed by atoms with van der Waals surface area (Å²) < 4.78 is 0. The summed E-state index contributed by atoms with van der Waals surface area (Å²) in [5, 5.41) is 18.1. The van der Waals surface area contributed by atoms with Crippen molar-refractivity contribution in [2.45, 2.75) is 13.3 Å². The lowest BCUT2D eigenvalue weighted by Crippen LogP contribution is -2.25. The summed E-state index contributed by atoms with van der Waals surface area (Å²) >= 11 is 0. The fraction of sp³-hybridized carbons (Fsp3) is 0.333. The van der Waals surface area contributed by atoms with Crippen molar-refractivity contribution in [3.05, 3.63) is 23.8 Å². The van der Waals surface area contributed by atoms with Crippen molar-refractivity contribution >= 4 is 11.6 Å². The number of benzene rings is 1. The summed E-state index contributed by atoms with van der Waals surface area (Å²) in [7, 11) is 0. The van der Waals surface area contributed by atoms with E-state index in [0.717, 1.165) is 11.3 Å². The first kappa shape index (κ1) is 10.5. The number of carbonyl (C=O) groups is 1. The van der Waals surface area contributed by atoms with Crippen LogP contribution in [0.5, 0.6) is 5.75 Å². The first-order chi connectivity index (χ1) is 7.61. The van der Waals surface area contributed by atoms with Crippen molar-refractivity contribution in [1.29, 1.82) is 5.26 Å². The van der Waals surface area contributed by atoms with E-state index in [0.29, 0.717) is 6.54 Å². The van der Waals surface area contributed by atoms with E-state index in [4.69, 9.17) is 5.26 Å². The molecule has 1 fully saturated rings. The van der Waals surface area contributed by atoms with Crippen molar-refractivity contribution in [3.8, 4) is 11.8 Å². The molecule has 2 rings (SSSR count). The van der Waals surface area contributed by atoms with Gasteiger partial charge in [0.1, 0.15) is 5.75 Å². The summed E-state index contributed by atoms with van der Waals surface area (Å²) in [6.07, 6.45) is 0.289. The summed E-state index contributed by atoms with van der Waals surface area (Å²) in [4.78, 5) is 13.3. The van der Waals surface area contributed by atoms with E-state index < -0.39 is 0 Å². The number of anilines is 1. The largest absolute Gasteiger partial charge is 0.508 e. The summed E-state index contributed by atoms with van der Waals surface area (Å²) in [6, 6.07) is 6.99. The molecule has 1 aliphatic rings. The first-order valence-corrected chi connectivity index (χ1v) is 5.11. The van der Waals surface area contributed by atoms with Gasteiger partial charge in [0.25, 0.3) is 0 Å². The second-order valence-electron chi connectivity index (χ2n) is 4.01. The quantitative estimate of drug-likeness (QED) is 0.775. The third kappa shape index (κ3) is 1.72. The first-order valence-electron chi connectivity index (χ1n) is 5.11. The molecule has 0 spiro atoms. The van der Waals surface area contributed by atoms with Gasteiger partial charge in [0.2, 0.25) is 5.91 Å². The van der Waals surface area contributed by atoms with E-state index in [1.54, 1.807) is 23.1 Å². The maximum absolute atomic E-state index is 11.7. The fourth-order valence-corrected chi connectivity index (χ4v) is 1.97. The minimum Gasteiger partial charge on any atom is -0.508 e. The third-order valence-corrected chi connectivity index (χ3v) is 2.78. The van der Waals surface area contributed by atoms with Gasteiger partial charge >= 0.3 is 0 Å². The Hall–Kier alpha value is -2.02. The molecule has 1 aromatic carbocycles. The number of nitrogens with zero attached hydrogens (tertiary/aromatic N) is 2. The molecule has 82 valence electrons. The van der Waals surface area contributed by atoms with Crippen molar-refractivity contribution in [1.82, 2.24) is 0 Å². The van der Waals surface area contributed by atoms with Crippen LogP contribution in [0.3, 0.4) is 0 Å². The second-order valence-corrected chi connectivity index (χ2v) is 4.01. The summed E-state index contributed by atoms with van der Waals surface area (Å²) in [5.41, 5.74) is 1.62. The second kappa shape index (κ2) is 3.86. The van der Waals surface area contributed by atoms with E-state index in [1.165, 1.54) is 0 Å². The number of carbonyl (C=O) groups excluding carboxylic acids is 1. The zero-order valence-electron chi connectivity index (χ0n) is 8.97. The van der Waals surface area contributed by atoms with Crippen LogP contribution in [-0.2, 0) is 4.79 Å². The minimum atomic E-state index is -0.222. The molecular weight excluding hydrogens is 204 g/mol. The van der Waals surface area contributed by atoms with E-state index >= 15 is 0 Å². The molecule has 1 N–H and O–H groups in total. The topological polar surface area (TPSA) is 64.3 Å². The van der Waals surface area contributed by atoms with Crippen LogP contribution in [0.1, 0.15) is 12.0 Å². The maximum atomic E-state index is 11.7. The van der Waals surface area contributed by atoms with Gasteiger partial charge in [-0.1, -0.05) is 0 Å². The van der Waals surface area contributed by atoms with Gasteiger partial charge in [-0.2, -0.15) is 5.26 Å². The Bertz CT molecular complexity index is 476. The summed E-state index contributed by atoms with van der Waals surface area (Å²) in [6.45, 7) is 2.28. The molecule has 1 saturated heterocycles. The van der Waals surface area contributed by atoms with Gasteiger partial charge in [0.15, 0.2) is 0 Å². The number of aromatic hydroxyl groups is 1. The number of phenols is 1. The van der Waals surface area contributed by atoms with Crippen LogP contribution in [0, 0.1) is 24.2 Å². The Balaban J connectivity index is 2.32. The molecule has 0 radical (unpaired) electrons. The lowest BCUT2D eigenvalue weighted by atomic mass is 10.1. The monoisotopic (exact) mass is 216 g/mol. The van der Waals surface area contributed by atoms with Gasteiger partial charge in [0.05, 0.1) is 12.0 Å². The molecule has 1 amide bonds. The zero-order valence-corrected chi connectivity index (χ0v) is 8.97. The van der Waals surface area contributed by atoms with Gasteiger partial charge in [-0.25, -0.2) is 0 Å². The Labute approximate surface area is 93.7 Å². The third-order valence-electron chi connectivity index (χ3n) is 2.78. The van der Waals surface area contributed by atoms with E-state index in [9.17, 15) is 9.90 Å². The molecule has 4 heteroatoms. The highest BCUT2D eigenvalue weighted by molar-refractivity contribution is 5.96. The number of aryl methyl sites for hydroxylation is 1. The SMILES string of the molecule is Cc1cc(O)ccc1N1CC(C#N)CC1=O. The molecule has 0 bridgehead atoms.